The third-order valence-electron chi connectivity index (χ3n) is 14.6. The topological polar surface area (TPSA) is 108 Å². The summed E-state index contributed by atoms with van der Waals surface area (Å²) in [6.45, 7) is 4.64. The smallest absolute Gasteiger partial charge is 0.361 e. The number of aliphatic carboxylic acids is 1. The van der Waals surface area contributed by atoms with Gasteiger partial charge in [-0.15, -0.1) is 0 Å². The number of carboxylic acids is 1. The SMILES string of the molecule is CC/C=C\C/C=C\C/C=C\C/C=C\C/C=C\C/C=C\C/C=C\CCCCCCCCCC(=O)OC(COC(=O)CCCCCCCCCCCCCCCCCCC/C=C\C/C=C\C/C=C\C/C=C\C/C=C\CC)COC(OCC[N+](C)(C)C)C(=O)O. The first-order chi connectivity index (χ1) is 42.6. The first kappa shape index (κ1) is 82.2. The summed E-state index contributed by atoms with van der Waals surface area (Å²) in [5.41, 5.74) is 0. The average molecular weight is 1210 g/mol. The molecule has 0 amide bonds. The quantitative estimate of drug-likeness (QED) is 0.0211. The number of rotatable bonds is 63. The number of ether oxygens (including phenoxy) is 4. The van der Waals surface area contributed by atoms with Crippen molar-refractivity contribution in [2.75, 3.05) is 47.5 Å². The van der Waals surface area contributed by atoms with Crippen LogP contribution in [0.3, 0.4) is 0 Å². The van der Waals surface area contributed by atoms with E-state index < -0.39 is 24.3 Å². The van der Waals surface area contributed by atoms with Crippen LogP contribution in [0.25, 0.3) is 0 Å². The molecular formula is C78H130NO8+. The van der Waals surface area contributed by atoms with Crippen LogP contribution in [0, 0.1) is 0 Å². The van der Waals surface area contributed by atoms with Gasteiger partial charge in [-0.05, 0) is 116 Å². The van der Waals surface area contributed by atoms with Crippen LogP contribution in [-0.2, 0) is 33.3 Å². The minimum Gasteiger partial charge on any atom is -0.477 e. The maximum atomic E-state index is 12.9. The Morgan fingerprint density at radius 1 is 0.345 bits per heavy atom. The van der Waals surface area contributed by atoms with E-state index in [0.717, 1.165) is 122 Å². The molecule has 0 aliphatic carbocycles. The molecule has 0 saturated heterocycles. The maximum Gasteiger partial charge on any atom is 0.361 e. The van der Waals surface area contributed by atoms with Crippen molar-refractivity contribution in [3.8, 4) is 0 Å². The van der Waals surface area contributed by atoms with E-state index in [1.807, 2.05) is 21.1 Å². The number of likely N-dealkylation sites (N-methyl/N-ethyl adjacent to an activating group) is 1. The Bertz CT molecular complexity index is 1940. The van der Waals surface area contributed by atoms with Gasteiger partial charge < -0.3 is 28.5 Å². The number of hydrogen-bond acceptors (Lipinski definition) is 7. The lowest BCUT2D eigenvalue weighted by Crippen LogP contribution is -2.40. The van der Waals surface area contributed by atoms with Crippen LogP contribution in [0.15, 0.2) is 146 Å². The monoisotopic (exact) mass is 1210 g/mol. The third kappa shape index (κ3) is 68.5. The second-order valence-corrected chi connectivity index (χ2v) is 24.1. The van der Waals surface area contributed by atoms with E-state index in [2.05, 4.69) is 160 Å². The second-order valence-electron chi connectivity index (χ2n) is 24.1. The predicted octanol–water partition coefficient (Wildman–Crippen LogP) is 21.9. The summed E-state index contributed by atoms with van der Waals surface area (Å²) in [5.74, 6) is -2.02. The number of quaternary nitrogens is 1. The molecule has 87 heavy (non-hydrogen) atoms. The number of carbonyl (C=O) groups is 3. The second kappa shape index (κ2) is 67.1. The Balaban J connectivity index is 4.16. The van der Waals surface area contributed by atoms with Crippen LogP contribution in [0.5, 0.6) is 0 Å². The molecule has 9 nitrogen and oxygen atoms in total. The van der Waals surface area contributed by atoms with Gasteiger partial charge >= 0.3 is 17.9 Å². The van der Waals surface area contributed by atoms with Gasteiger partial charge in [0.05, 0.1) is 34.4 Å². The Morgan fingerprint density at radius 2 is 0.621 bits per heavy atom. The number of unbranched alkanes of at least 4 members (excludes halogenated alkanes) is 24. The minimum atomic E-state index is -1.52. The molecule has 0 aliphatic heterocycles. The van der Waals surface area contributed by atoms with Gasteiger partial charge in [-0.25, -0.2) is 4.79 Å². The van der Waals surface area contributed by atoms with Gasteiger partial charge in [0.2, 0.25) is 0 Å². The number of allylic oxidation sites excluding steroid dienone is 24. The average Bonchev–Trinajstić information content (AvgIpc) is 3.57. The highest BCUT2D eigenvalue weighted by molar-refractivity contribution is 5.71. The summed E-state index contributed by atoms with van der Waals surface area (Å²) < 4.78 is 23.0. The maximum absolute atomic E-state index is 12.9. The highest BCUT2D eigenvalue weighted by Gasteiger charge is 2.25. The van der Waals surface area contributed by atoms with Crippen LogP contribution in [0.1, 0.15) is 271 Å². The third-order valence-corrected chi connectivity index (χ3v) is 14.6. The molecule has 0 rings (SSSR count). The van der Waals surface area contributed by atoms with E-state index in [9.17, 15) is 19.5 Å². The molecule has 9 heteroatoms. The molecule has 0 radical (unpaired) electrons. The molecule has 1 N–H and O–H groups in total. The number of esters is 2. The van der Waals surface area contributed by atoms with E-state index in [-0.39, 0.29) is 32.2 Å². The lowest BCUT2D eigenvalue weighted by Gasteiger charge is -2.25. The first-order valence-electron chi connectivity index (χ1n) is 35.0. The summed E-state index contributed by atoms with van der Waals surface area (Å²) in [7, 11) is 5.97. The number of nitrogens with zero attached hydrogens (tertiary/aromatic N) is 1. The highest BCUT2D eigenvalue weighted by Crippen LogP contribution is 2.17. The molecule has 0 aliphatic rings. The molecular weight excluding hydrogens is 1080 g/mol. The normalized spacial score (nSPS) is 13.6. The Labute approximate surface area is 534 Å². The molecule has 0 bridgehead atoms. The lowest BCUT2D eigenvalue weighted by molar-refractivity contribution is -0.870. The van der Waals surface area contributed by atoms with E-state index in [1.54, 1.807) is 0 Å². The summed E-state index contributed by atoms with van der Waals surface area (Å²) in [4.78, 5) is 37.6. The van der Waals surface area contributed by atoms with Gasteiger partial charge in [-0.1, -0.05) is 288 Å². The van der Waals surface area contributed by atoms with Gasteiger partial charge in [0.1, 0.15) is 13.2 Å². The summed E-state index contributed by atoms with van der Waals surface area (Å²) >= 11 is 0. The molecule has 494 valence electrons. The van der Waals surface area contributed by atoms with Gasteiger partial charge in [0.25, 0.3) is 6.29 Å². The van der Waals surface area contributed by atoms with E-state index in [1.165, 1.54) is 116 Å². The zero-order valence-corrected chi connectivity index (χ0v) is 56.4. The highest BCUT2D eigenvalue weighted by atomic mass is 16.7. The van der Waals surface area contributed by atoms with Gasteiger partial charge in [-0.2, -0.15) is 0 Å². The van der Waals surface area contributed by atoms with Crippen LogP contribution in [0.2, 0.25) is 0 Å². The van der Waals surface area contributed by atoms with E-state index in [0.29, 0.717) is 23.9 Å². The van der Waals surface area contributed by atoms with Crippen LogP contribution in [-0.4, -0.2) is 87.4 Å². The number of hydrogen-bond donors (Lipinski definition) is 1. The minimum absolute atomic E-state index is 0.179. The molecule has 0 heterocycles. The molecule has 0 saturated carbocycles. The lowest BCUT2D eigenvalue weighted by atomic mass is 10.0. The molecule has 0 fully saturated rings. The van der Waals surface area contributed by atoms with Crippen molar-refractivity contribution in [1.29, 1.82) is 0 Å². The molecule has 0 aromatic carbocycles. The van der Waals surface area contributed by atoms with E-state index in [4.69, 9.17) is 18.9 Å². The predicted molar refractivity (Wildman–Crippen MR) is 373 cm³/mol. The number of carboxylic acid groups (broad SMARTS) is 1. The fourth-order valence-electron chi connectivity index (χ4n) is 9.32. The summed E-state index contributed by atoms with van der Waals surface area (Å²) in [6.07, 6.45) is 95.2. The fraction of sp³-hybridized carbons (Fsp3) is 0.654. The Kier molecular flexibility index (Phi) is 63.4. The molecule has 0 aromatic rings. The van der Waals surface area contributed by atoms with Crippen LogP contribution < -0.4 is 0 Å². The van der Waals surface area contributed by atoms with Crippen molar-refractivity contribution in [2.24, 2.45) is 0 Å². The first-order valence-corrected chi connectivity index (χ1v) is 35.0. The summed E-state index contributed by atoms with van der Waals surface area (Å²) in [6, 6.07) is 0. The number of carbonyl (C=O) groups excluding carboxylic acids is 2. The molecule has 2 atom stereocenters. The fourth-order valence-corrected chi connectivity index (χ4v) is 9.32. The van der Waals surface area contributed by atoms with Crippen LogP contribution in [0.4, 0.5) is 0 Å². The largest absolute Gasteiger partial charge is 0.477 e. The standard InChI is InChI=1S/C78H129NO8/c1-6-8-10-12-14-16-18-20-22-24-26-28-30-32-34-36-37-38-39-41-42-44-46-48-50-52-54-56-58-60-62-64-66-68-75(80)85-72-74(73-86-78(77(82)83)84-71-70-79(3,4)5)87-76(81)69-67-65-63-61-59-57-55-53-51-49-47-45-43-40-35-33-31-29-27-25-23-21-19-17-15-13-11-9-7-2/h8-11,14-17,20-23,26-29,32-35,43,45,49,51,74,78H,6-7,12-13,18-19,24-25,30-31,36-42,44,46-48,50,52-73H2,1-5H3/p+1/b10-8-,11-9-,16-14-,17-15-,22-20-,23-21-,28-26-,29-27-,34-32-,35-33-,45-43-,51-49-. The molecule has 0 aromatic heterocycles. The van der Waals surface area contributed by atoms with Crippen molar-refractivity contribution >= 4 is 17.9 Å². The zero-order chi connectivity index (χ0) is 63.3. The van der Waals surface area contributed by atoms with Gasteiger partial charge in [-0.3, -0.25) is 9.59 Å². The van der Waals surface area contributed by atoms with Crippen molar-refractivity contribution in [3.63, 3.8) is 0 Å². The van der Waals surface area contributed by atoms with E-state index >= 15 is 0 Å². The van der Waals surface area contributed by atoms with Gasteiger partial charge in [0, 0.05) is 12.8 Å². The summed E-state index contributed by atoms with van der Waals surface area (Å²) in [5, 5.41) is 9.75. The van der Waals surface area contributed by atoms with Crippen molar-refractivity contribution in [2.45, 2.75) is 283 Å². The Hall–Kier alpha value is -4.83. The molecule has 0 spiro atoms. The Morgan fingerprint density at radius 3 is 0.920 bits per heavy atom. The zero-order valence-electron chi connectivity index (χ0n) is 56.4. The van der Waals surface area contributed by atoms with Gasteiger partial charge in [0.15, 0.2) is 6.10 Å². The van der Waals surface area contributed by atoms with Crippen LogP contribution >= 0.6 is 0 Å². The van der Waals surface area contributed by atoms with Crippen molar-refractivity contribution in [1.82, 2.24) is 0 Å². The molecule has 2 unspecified atom stereocenters. The van der Waals surface area contributed by atoms with Crippen molar-refractivity contribution in [3.05, 3.63) is 146 Å². The van der Waals surface area contributed by atoms with Crippen molar-refractivity contribution < 1.29 is 42.9 Å².